The summed E-state index contributed by atoms with van der Waals surface area (Å²) >= 11 is 4.09. The van der Waals surface area contributed by atoms with E-state index in [4.69, 9.17) is 31.7 Å². The maximum absolute atomic E-state index is 7.79. The maximum atomic E-state index is 7.79. The van der Waals surface area contributed by atoms with Gasteiger partial charge < -0.3 is 31.7 Å². The molecule has 0 saturated carbocycles. The van der Waals surface area contributed by atoms with Crippen LogP contribution in [-0.2, 0) is 26.6 Å². The molecule has 0 saturated heterocycles. The van der Waals surface area contributed by atoms with Gasteiger partial charge in [-0.1, -0.05) is 21.6 Å². The van der Waals surface area contributed by atoms with Crippen LogP contribution in [0.15, 0.2) is 0 Å². The van der Waals surface area contributed by atoms with Gasteiger partial charge in [-0.15, -0.1) is 0 Å². The third-order valence-corrected chi connectivity index (χ3v) is 16.7. The Balaban J connectivity index is 0. The van der Waals surface area contributed by atoms with Crippen LogP contribution in [0.25, 0.3) is 0 Å². The molecule has 0 unspecified atom stereocenters. The molecule has 0 aromatic heterocycles. The van der Waals surface area contributed by atoms with Crippen LogP contribution >= 0.6 is 53.5 Å². The number of hydrogen-bond donors (Lipinski definition) is 1. The largest absolute Gasteiger partial charge is 0.502 e. The fourth-order valence-corrected chi connectivity index (χ4v) is 14.7. The molecule has 0 fully saturated rings. The van der Waals surface area contributed by atoms with E-state index < -0.39 is 17.6 Å². The van der Waals surface area contributed by atoms with Crippen LogP contribution in [0.5, 0.6) is 0 Å². The van der Waals surface area contributed by atoms with E-state index in [1.165, 1.54) is 6.92 Å². The second kappa shape index (κ2) is 26.1. The second-order valence-corrected chi connectivity index (χ2v) is 18.8. The molecule has 1 N–H and O–H groups in total. The summed E-state index contributed by atoms with van der Waals surface area (Å²) in [5.41, 5.74) is 0. The molecule has 0 heterocycles. The second-order valence-electron chi connectivity index (χ2n) is 6.47. The van der Waals surface area contributed by atoms with Gasteiger partial charge in [0.2, 0.25) is 0 Å². The Labute approximate surface area is 231 Å². The summed E-state index contributed by atoms with van der Waals surface area (Å²) in [5.74, 6) is 2.13. The Morgan fingerprint density at radius 3 is 1.06 bits per heavy atom. The van der Waals surface area contributed by atoms with Crippen molar-refractivity contribution < 1.29 is 31.7 Å². The molecule has 0 amide bonds. The number of aliphatic hydroxyl groups is 1. The molecule has 0 aliphatic heterocycles. The molecule has 7 nitrogen and oxygen atoms in total. The van der Waals surface area contributed by atoms with Gasteiger partial charge in [0, 0.05) is 70.2 Å². The Bertz CT molecular complexity index is 399. The van der Waals surface area contributed by atoms with E-state index in [2.05, 4.69) is 12.2 Å². The topological polar surface area (TPSA) is 75.6 Å². The molecule has 34 heavy (non-hydrogen) atoms. The molecule has 0 bridgehead atoms. The Morgan fingerprint density at radius 2 is 0.853 bits per heavy atom. The minimum Gasteiger partial charge on any atom is -0.502 e. The van der Waals surface area contributed by atoms with Crippen LogP contribution in [0.1, 0.15) is 61.3 Å². The molecule has 0 aliphatic rings. The third kappa shape index (κ3) is 21.6. The van der Waals surface area contributed by atoms with E-state index in [0.717, 1.165) is 36.4 Å². The Morgan fingerprint density at radius 1 is 0.618 bits per heavy atom. The van der Waals surface area contributed by atoms with E-state index in [1.54, 1.807) is 0 Å². The van der Waals surface area contributed by atoms with E-state index >= 15 is 0 Å². The van der Waals surface area contributed by atoms with E-state index in [1.807, 2.05) is 82.8 Å². The summed E-state index contributed by atoms with van der Waals surface area (Å²) in [6.07, 6.45) is 2.08. The number of thiocarbonyl (C=S) groups is 1. The predicted molar refractivity (Wildman–Crippen MR) is 161 cm³/mol. The minimum absolute atomic E-state index is 0.000000000000000222. The highest BCUT2D eigenvalue weighted by molar-refractivity contribution is 9.26. The van der Waals surface area contributed by atoms with Gasteiger partial charge in [-0.25, -0.2) is 0 Å². The summed E-state index contributed by atoms with van der Waals surface area (Å²) in [7, 11) is 2.48. The fourth-order valence-electron chi connectivity index (χ4n) is 2.81. The van der Waals surface area contributed by atoms with Gasteiger partial charge in [0.15, 0.2) is 5.05 Å². The lowest BCUT2D eigenvalue weighted by Crippen LogP contribution is -2.46. The first-order valence-corrected chi connectivity index (χ1v) is 21.3. The van der Waals surface area contributed by atoms with E-state index in [-0.39, 0.29) is 5.05 Å². The molecule has 0 aromatic rings. The highest BCUT2D eigenvalue weighted by Crippen LogP contribution is 2.44. The summed E-state index contributed by atoms with van der Waals surface area (Å²) in [5, 5.41) is 7.79. The van der Waals surface area contributed by atoms with Crippen LogP contribution < -0.4 is 0 Å². The van der Waals surface area contributed by atoms with Gasteiger partial charge in [-0.3, -0.25) is 0 Å². The van der Waals surface area contributed by atoms with Crippen molar-refractivity contribution in [2.75, 3.05) is 51.1 Å². The average molecular weight is 615 g/mol. The van der Waals surface area contributed by atoms with Crippen LogP contribution in [0, 0.1) is 0 Å². The summed E-state index contributed by atoms with van der Waals surface area (Å²) in [6.45, 7) is 17.3. The molecule has 0 atom stereocenters. The van der Waals surface area contributed by atoms with Crippen molar-refractivity contribution in [2.24, 2.45) is 0 Å². The zero-order valence-corrected chi connectivity index (χ0v) is 28.0. The molecule has 0 aliphatic carbocycles. The van der Waals surface area contributed by atoms with Crippen molar-refractivity contribution in [2.45, 2.75) is 73.4 Å². The Hall–Kier alpha value is 1.48. The third-order valence-electron chi connectivity index (χ3n) is 3.73. The first-order valence-electron chi connectivity index (χ1n) is 11.9. The number of hydrogen-bond acceptors (Lipinski definition) is 11. The smallest absolute Gasteiger partial charge is 0.500 e. The molecule has 206 valence electrons. The number of rotatable bonds is 23. The quantitative estimate of drug-likeness (QED) is 0.0538. The normalized spacial score (nSPS) is 11.9. The Kier molecular flexibility index (Phi) is 28.9. The molecular formula is C20H46O7S5Si2. The van der Waals surface area contributed by atoms with Crippen LogP contribution in [0.2, 0.25) is 12.1 Å². The van der Waals surface area contributed by atoms with Crippen molar-refractivity contribution in [3.05, 3.63) is 0 Å². The van der Waals surface area contributed by atoms with Crippen LogP contribution in [0.3, 0.4) is 0 Å². The average Bonchev–Trinajstić information content (AvgIpc) is 2.76. The molecule has 0 spiro atoms. The summed E-state index contributed by atoms with van der Waals surface area (Å²) in [4.78, 5) is 0. The maximum Gasteiger partial charge on any atom is 0.500 e. The molecular weight excluding hydrogens is 569 g/mol. The van der Waals surface area contributed by atoms with Gasteiger partial charge >= 0.3 is 17.6 Å². The van der Waals surface area contributed by atoms with E-state index in [9.17, 15) is 0 Å². The molecule has 0 rings (SSSR count). The highest BCUT2D eigenvalue weighted by Gasteiger charge is 2.40. The van der Waals surface area contributed by atoms with Crippen molar-refractivity contribution in [3.63, 3.8) is 0 Å². The minimum atomic E-state index is -2.49. The SMILES string of the molecule is CC(O)=S.CCO[Si](CCCSSSSCCC[Si](OCC)(OCC)OCC)(OCC)OCC. The fraction of sp³-hybridized carbons (Fsp3) is 0.950. The lowest BCUT2D eigenvalue weighted by atomic mass is 10.6. The van der Waals surface area contributed by atoms with Gasteiger partial charge in [-0.2, -0.15) is 0 Å². The first kappa shape index (κ1) is 37.6. The number of aliphatic hydroxyl groups excluding tert-OH is 1. The standard InChI is InChI=1S/C18H42O6S4Si2.C2H4OS/c1-7-19-29(20-8-2,21-9-3)17-13-15-25-27-28-26-16-14-18-30(22-10-4,23-11-5)24-12-6;1-2(3)4/h7-18H2,1-6H3;1H3,(H,3,4). The van der Waals surface area contributed by atoms with Crippen molar-refractivity contribution in [3.8, 4) is 0 Å². The van der Waals surface area contributed by atoms with Gasteiger partial charge in [0.05, 0.1) is 0 Å². The van der Waals surface area contributed by atoms with Gasteiger partial charge in [0.1, 0.15) is 0 Å². The zero-order valence-electron chi connectivity index (χ0n) is 21.9. The monoisotopic (exact) mass is 614 g/mol. The van der Waals surface area contributed by atoms with Crippen LogP contribution in [0.4, 0.5) is 0 Å². The summed E-state index contributed by atoms with van der Waals surface area (Å²) in [6, 6.07) is 1.76. The summed E-state index contributed by atoms with van der Waals surface area (Å²) < 4.78 is 35.4. The van der Waals surface area contributed by atoms with Crippen molar-refractivity contribution in [1.82, 2.24) is 0 Å². The lowest BCUT2D eigenvalue weighted by Gasteiger charge is -2.28. The van der Waals surface area contributed by atoms with Gasteiger partial charge in [0.25, 0.3) is 0 Å². The van der Waals surface area contributed by atoms with Gasteiger partial charge in [-0.05, 0) is 86.3 Å². The molecule has 14 heteroatoms. The first-order chi connectivity index (χ1) is 16.3. The van der Waals surface area contributed by atoms with Crippen molar-refractivity contribution in [1.29, 1.82) is 0 Å². The van der Waals surface area contributed by atoms with E-state index in [0.29, 0.717) is 39.6 Å². The zero-order chi connectivity index (χ0) is 26.1. The lowest BCUT2D eigenvalue weighted by molar-refractivity contribution is 0.0704. The van der Waals surface area contributed by atoms with Crippen LogP contribution in [-0.4, -0.2) is 78.9 Å². The molecule has 0 aromatic carbocycles. The van der Waals surface area contributed by atoms with Crippen molar-refractivity contribution >= 4 is 76.1 Å². The predicted octanol–water partition coefficient (Wildman–Crippen LogP) is 7.43. The molecule has 0 radical (unpaired) electrons. The highest BCUT2D eigenvalue weighted by atomic mass is 33.7.